The third-order valence-electron chi connectivity index (χ3n) is 2.48. The van der Waals surface area contributed by atoms with Crippen molar-refractivity contribution in [3.63, 3.8) is 0 Å². The van der Waals surface area contributed by atoms with Crippen LogP contribution in [0.25, 0.3) is 16.0 Å². The molecule has 0 aliphatic carbocycles. The molecule has 3 nitrogen and oxygen atoms in total. The van der Waals surface area contributed by atoms with Crippen molar-refractivity contribution in [1.82, 2.24) is 9.38 Å². The van der Waals surface area contributed by atoms with Crippen molar-refractivity contribution in [2.45, 2.75) is 6.92 Å². The van der Waals surface area contributed by atoms with E-state index in [0.717, 1.165) is 21.7 Å². The van der Waals surface area contributed by atoms with E-state index < -0.39 is 0 Å². The number of imidazole rings is 1. The average molecular weight is 401 g/mol. The molecule has 0 amide bonds. The quantitative estimate of drug-likeness (QED) is 0.587. The molecular weight excluding hydrogens is 394 g/mol. The number of nitrogens with zero attached hydrogens (tertiary/aromatic N) is 2. The molecular formula is C11H7N2OReS-. The van der Waals surface area contributed by atoms with Crippen molar-refractivity contribution in [3.8, 4) is 0 Å². The van der Waals surface area contributed by atoms with E-state index >= 15 is 0 Å². The largest absolute Gasteiger partial charge is 0.417 e. The summed E-state index contributed by atoms with van der Waals surface area (Å²) < 4.78 is 2.00. The molecule has 2 aromatic heterocycles. The second kappa shape index (κ2) is 4.10. The maximum atomic E-state index is 10.7. The van der Waals surface area contributed by atoms with Crippen molar-refractivity contribution in [3.05, 3.63) is 34.8 Å². The zero-order valence-corrected chi connectivity index (χ0v) is 11.9. The van der Waals surface area contributed by atoms with E-state index in [-0.39, 0.29) is 20.4 Å². The molecule has 1 aromatic carbocycles. The first-order valence-corrected chi connectivity index (χ1v) is 5.37. The summed E-state index contributed by atoms with van der Waals surface area (Å²) in [7, 11) is 0. The van der Waals surface area contributed by atoms with E-state index in [1.807, 2.05) is 41.9 Å². The summed E-state index contributed by atoms with van der Waals surface area (Å²) in [6, 6.07) is 7.90. The molecule has 0 aliphatic rings. The van der Waals surface area contributed by atoms with Gasteiger partial charge in [-0.2, -0.15) is 0 Å². The second-order valence-electron chi connectivity index (χ2n) is 3.34. The van der Waals surface area contributed by atoms with Crippen LogP contribution in [0.1, 0.15) is 10.6 Å². The molecule has 0 aliphatic heterocycles. The van der Waals surface area contributed by atoms with Gasteiger partial charge >= 0.3 is 0 Å². The van der Waals surface area contributed by atoms with Gasteiger partial charge in [-0.25, -0.2) is 4.98 Å². The third-order valence-corrected chi connectivity index (χ3v) is 3.52. The summed E-state index contributed by atoms with van der Waals surface area (Å²) in [6.07, 6.45) is 1.94. The van der Waals surface area contributed by atoms with Crippen LogP contribution in [0.4, 0.5) is 0 Å². The molecule has 5 heteroatoms. The predicted molar refractivity (Wildman–Crippen MR) is 60.1 cm³/mol. The van der Waals surface area contributed by atoms with Crippen LogP contribution in [0.15, 0.2) is 24.3 Å². The number of para-hydroxylation sites is 2. The summed E-state index contributed by atoms with van der Waals surface area (Å²) >= 11 is 1.38. The summed E-state index contributed by atoms with van der Waals surface area (Å²) in [6.45, 7) is 1.91. The molecule has 1 radical (unpaired) electrons. The average Bonchev–Trinajstić information content (AvgIpc) is 2.75. The minimum Gasteiger partial charge on any atom is -0.417 e. The van der Waals surface area contributed by atoms with E-state index in [0.29, 0.717) is 4.88 Å². The number of aryl methyl sites for hydroxylation is 1. The first-order valence-electron chi connectivity index (χ1n) is 4.56. The number of fused-ring (bicyclic) bond motifs is 3. The summed E-state index contributed by atoms with van der Waals surface area (Å²) in [5.74, 6) is 0. The molecule has 0 saturated carbocycles. The Kier molecular flexibility index (Phi) is 2.94. The molecule has 0 bridgehead atoms. The standard InChI is InChI=1S/C11H7N2OS.Re/c1-7-10(6-14)15-11-12-8-4-2-3-5-9(8)13(7)11;/h2-5H,1H3;/q-1;. The van der Waals surface area contributed by atoms with Gasteiger partial charge < -0.3 is 9.20 Å². The van der Waals surface area contributed by atoms with E-state index in [1.165, 1.54) is 11.3 Å². The fraction of sp³-hybridized carbons (Fsp3) is 0.0909. The van der Waals surface area contributed by atoms with Gasteiger partial charge in [-0.3, -0.25) is 0 Å². The van der Waals surface area contributed by atoms with E-state index in [9.17, 15) is 4.79 Å². The maximum Gasteiger partial charge on any atom is 0.175 e. The summed E-state index contributed by atoms with van der Waals surface area (Å²) in [4.78, 5) is 16.6. The number of carbonyl (C=O) groups excluding carboxylic acids is 1. The van der Waals surface area contributed by atoms with Gasteiger partial charge in [0, 0.05) is 26.7 Å². The van der Waals surface area contributed by atoms with E-state index in [4.69, 9.17) is 0 Å². The van der Waals surface area contributed by atoms with Crippen LogP contribution in [-0.2, 0) is 25.2 Å². The minimum absolute atomic E-state index is 0. The van der Waals surface area contributed by atoms with Gasteiger partial charge in [0.2, 0.25) is 0 Å². The normalized spacial score (nSPS) is 10.6. The third kappa shape index (κ3) is 1.44. The molecule has 0 spiro atoms. The van der Waals surface area contributed by atoms with Crippen LogP contribution >= 0.6 is 11.3 Å². The molecule has 81 valence electrons. The number of benzene rings is 1. The van der Waals surface area contributed by atoms with Crippen LogP contribution in [0, 0.1) is 6.92 Å². The molecule has 0 saturated heterocycles. The van der Waals surface area contributed by atoms with Gasteiger partial charge in [-0.05, 0) is 12.1 Å². The molecule has 3 aromatic rings. The predicted octanol–water partition coefficient (Wildman–Crippen LogP) is 2.31. The SMILES string of the molecule is Cc1c([C-]=O)sc2nc3ccccc3n12.[Re]. The topological polar surface area (TPSA) is 34.4 Å². The number of aromatic nitrogens is 2. The Morgan fingerprint density at radius 3 is 2.88 bits per heavy atom. The van der Waals surface area contributed by atoms with Gasteiger partial charge in [0.15, 0.2) is 4.96 Å². The van der Waals surface area contributed by atoms with E-state index in [2.05, 4.69) is 4.98 Å². The Morgan fingerprint density at radius 1 is 1.38 bits per heavy atom. The molecule has 16 heavy (non-hydrogen) atoms. The number of rotatable bonds is 1. The van der Waals surface area contributed by atoms with Gasteiger partial charge in [-0.15, -0.1) is 17.0 Å². The maximum absolute atomic E-state index is 10.7. The number of hydrogen-bond donors (Lipinski definition) is 0. The van der Waals surface area contributed by atoms with E-state index in [1.54, 1.807) is 0 Å². The Hall–Kier alpha value is -1.02. The molecule has 0 unspecified atom stereocenters. The minimum atomic E-state index is 0. The smallest absolute Gasteiger partial charge is 0.175 e. The Morgan fingerprint density at radius 2 is 2.12 bits per heavy atom. The number of hydrogen-bond acceptors (Lipinski definition) is 3. The van der Waals surface area contributed by atoms with Crippen molar-refractivity contribution >= 4 is 33.6 Å². The number of thiazole rings is 1. The van der Waals surface area contributed by atoms with Crippen LogP contribution in [0.5, 0.6) is 0 Å². The first-order chi connectivity index (χ1) is 7.31. The van der Waals surface area contributed by atoms with Crippen LogP contribution < -0.4 is 0 Å². The molecule has 0 fully saturated rings. The zero-order chi connectivity index (χ0) is 10.4. The molecule has 3 rings (SSSR count). The molecule has 2 heterocycles. The van der Waals surface area contributed by atoms with Gasteiger partial charge in [0.05, 0.1) is 11.0 Å². The monoisotopic (exact) mass is 402 g/mol. The summed E-state index contributed by atoms with van der Waals surface area (Å²) in [5.41, 5.74) is 2.92. The Balaban J connectivity index is 0.000000963. The fourth-order valence-electron chi connectivity index (χ4n) is 1.76. The van der Waals surface area contributed by atoms with Gasteiger partial charge in [0.25, 0.3) is 0 Å². The molecule has 0 atom stereocenters. The molecule has 0 N–H and O–H groups in total. The van der Waals surface area contributed by atoms with Gasteiger partial charge in [-0.1, -0.05) is 23.9 Å². The van der Waals surface area contributed by atoms with Crippen LogP contribution in [-0.4, -0.2) is 15.7 Å². The first kappa shape index (κ1) is 11.5. The van der Waals surface area contributed by atoms with Crippen LogP contribution in [0.2, 0.25) is 0 Å². The Labute approximate surface area is 110 Å². The van der Waals surface area contributed by atoms with Crippen molar-refractivity contribution < 1.29 is 25.2 Å². The van der Waals surface area contributed by atoms with Crippen LogP contribution in [0.3, 0.4) is 0 Å². The second-order valence-corrected chi connectivity index (χ2v) is 4.31. The zero-order valence-electron chi connectivity index (χ0n) is 8.40. The van der Waals surface area contributed by atoms with Crippen molar-refractivity contribution in [2.24, 2.45) is 0 Å². The summed E-state index contributed by atoms with van der Waals surface area (Å²) in [5, 5.41) is 0. The van der Waals surface area contributed by atoms with Gasteiger partial charge in [0.1, 0.15) is 0 Å². The van der Waals surface area contributed by atoms with Crippen molar-refractivity contribution in [1.29, 1.82) is 0 Å². The fourth-order valence-corrected chi connectivity index (χ4v) is 2.69. The van der Waals surface area contributed by atoms with Crippen molar-refractivity contribution in [2.75, 3.05) is 0 Å². The Bertz CT molecular complexity index is 671.